The van der Waals surface area contributed by atoms with E-state index < -0.39 is 0 Å². The largest absolute Gasteiger partial charge is 0.308 e. The quantitative estimate of drug-likeness (QED) is 0.875. The Morgan fingerprint density at radius 3 is 2.71 bits per heavy atom. The molecular weight excluding hydrogens is 232 g/mol. The lowest BCUT2D eigenvalue weighted by molar-refractivity contribution is 0.425. The molecule has 1 heterocycles. The van der Waals surface area contributed by atoms with E-state index in [1.807, 2.05) is 24.3 Å². The molecule has 0 bridgehead atoms. The second-order valence-corrected chi connectivity index (χ2v) is 5.62. The molecule has 2 aromatic rings. The summed E-state index contributed by atoms with van der Waals surface area (Å²) in [4.78, 5) is 4.42. The van der Waals surface area contributed by atoms with E-state index in [1.54, 1.807) is 6.20 Å². The van der Waals surface area contributed by atoms with Crippen LogP contribution >= 0.6 is 11.6 Å². The fraction of sp³-hybridized carbons (Fsp3) is 0.357. The third-order valence-corrected chi connectivity index (χ3v) is 2.94. The van der Waals surface area contributed by atoms with Crippen LogP contribution in [0.25, 0.3) is 10.9 Å². The molecule has 1 aromatic carbocycles. The van der Waals surface area contributed by atoms with Crippen LogP contribution in [0.2, 0.25) is 5.02 Å². The fourth-order valence-electron chi connectivity index (χ4n) is 1.70. The molecule has 0 spiro atoms. The normalized spacial score (nSPS) is 12.0. The van der Waals surface area contributed by atoms with Gasteiger partial charge in [-0.25, -0.2) is 0 Å². The molecule has 0 saturated heterocycles. The van der Waals surface area contributed by atoms with Crippen LogP contribution in [0.1, 0.15) is 26.3 Å². The highest BCUT2D eigenvalue weighted by Gasteiger charge is 2.11. The number of hydrogen-bond donors (Lipinski definition) is 1. The van der Waals surface area contributed by atoms with Crippen molar-refractivity contribution in [3.63, 3.8) is 0 Å². The first kappa shape index (κ1) is 12.3. The first-order valence-corrected chi connectivity index (χ1v) is 6.12. The molecule has 0 aliphatic carbocycles. The second-order valence-electron chi connectivity index (χ2n) is 5.21. The van der Waals surface area contributed by atoms with Gasteiger partial charge in [0.25, 0.3) is 0 Å². The van der Waals surface area contributed by atoms with E-state index in [0.717, 1.165) is 22.5 Å². The standard InChI is InChI=1S/C14H17ClN2/c1-14(2,3)17-9-10-6-7-12(15)11-5-4-8-16-13(10)11/h4-8,17H,9H2,1-3H3. The third-order valence-electron chi connectivity index (χ3n) is 2.61. The van der Waals surface area contributed by atoms with Gasteiger partial charge in [0.2, 0.25) is 0 Å². The highest BCUT2D eigenvalue weighted by molar-refractivity contribution is 6.35. The number of hydrogen-bond acceptors (Lipinski definition) is 2. The van der Waals surface area contributed by atoms with Crippen molar-refractivity contribution in [3.05, 3.63) is 41.0 Å². The Morgan fingerprint density at radius 2 is 2.00 bits per heavy atom. The summed E-state index contributed by atoms with van der Waals surface area (Å²) in [5, 5.41) is 5.24. The second kappa shape index (κ2) is 4.63. The van der Waals surface area contributed by atoms with Crippen LogP contribution in [0, 0.1) is 0 Å². The summed E-state index contributed by atoms with van der Waals surface area (Å²) in [5.41, 5.74) is 2.26. The molecule has 0 aliphatic rings. The lowest BCUT2D eigenvalue weighted by atomic mass is 10.1. The molecule has 0 aliphatic heterocycles. The summed E-state index contributed by atoms with van der Waals surface area (Å²) >= 11 is 6.16. The minimum atomic E-state index is 0.0980. The van der Waals surface area contributed by atoms with Crippen molar-refractivity contribution in [3.8, 4) is 0 Å². The van der Waals surface area contributed by atoms with Gasteiger partial charge in [-0.15, -0.1) is 0 Å². The van der Waals surface area contributed by atoms with E-state index in [2.05, 4.69) is 31.1 Å². The van der Waals surface area contributed by atoms with Crippen LogP contribution in [-0.4, -0.2) is 10.5 Å². The van der Waals surface area contributed by atoms with Crippen molar-refractivity contribution in [1.82, 2.24) is 10.3 Å². The van der Waals surface area contributed by atoms with Crippen LogP contribution < -0.4 is 5.32 Å². The van der Waals surface area contributed by atoms with Crippen molar-refractivity contribution in [2.45, 2.75) is 32.9 Å². The minimum Gasteiger partial charge on any atom is -0.308 e. The van der Waals surface area contributed by atoms with Gasteiger partial charge < -0.3 is 5.32 Å². The van der Waals surface area contributed by atoms with Crippen molar-refractivity contribution in [2.24, 2.45) is 0 Å². The first-order chi connectivity index (χ1) is 7.97. The number of nitrogens with one attached hydrogen (secondary N) is 1. The molecule has 2 nitrogen and oxygen atoms in total. The van der Waals surface area contributed by atoms with Gasteiger partial charge in [0, 0.05) is 28.7 Å². The molecular formula is C14H17ClN2. The summed E-state index contributed by atoms with van der Waals surface area (Å²) in [6, 6.07) is 7.89. The van der Waals surface area contributed by atoms with Gasteiger partial charge >= 0.3 is 0 Å². The van der Waals surface area contributed by atoms with Gasteiger partial charge in [-0.2, -0.15) is 0 Å². The van der Waals surface area contributed by atoms with E-state index in [0.29, 0.717) is 0 Å². The molecule has 0 amide bonds. The van der Waals surface area contributed by atoms with Gasteiger partial charge in [0.05, 0.1) is 5.52 Å². The van der Waals surface area contributed by atoms with Crippen molar-refractivity contribution >= 4 is 22.5 Å². The van der Waals surface area contributed by atoms with Crippen molar-refractivity contribution < 1.29 is 0 Å². The molecule has 90 valence electrons. The molecule has 0 unspecified atom stereocenters. The number of nitrogens with zero attached hydrogens (tertiary/aromatic N) is 1. The smallest absolute Gasteiger partial charge is 0.0761 e. The van der Waals surface area contributed by atoms with Crippen LogP contribution in [0.5, 0.6) is 0 Å². The Balaban J connectivity index is 2.38. The molecule has 0 radical (unpaired) electrons. The van der Waals surface area contributed by atoms with E-state index >= 15 is 0 Å². The first-order valence-electron chi connectivity index (χ1n) is 5.74. The Hall–Kier alpha value is -1.12. The van der Waals surface area contributed by atoms with Crippen LogP contribution in [0.3, 0.4) is 0 Å². The van der Waals surface area contributed by atoms with E-state index in [1.165, 1.54) is 5.56 Å². The lowest BCUT2D eigenvalue weighted by Crippen LogP contribution is -2.35. The van der Waals surface area contributed by atoms with E-state index in [9.17, 15) is 0 Å². The van der Waals surface area contributed by atoms with Gasteiger partial charge in [-0.1, -0.05) is 17.7 Å². The number of aromatic nitrogens is 1. The molecule has 1 aromatic heterocycles. The van der Waals surface area contributed by atoms with Gasteiger partial charge in [-0.05, 0) is 44.5 Å². The minimum absolute atomic E-state index is 0.0980. The highest BCUT2D eigenvalue weighted by atomic mass is 35.5. The monoisotopic (exact) mass is 248 g/mol. The predicted molar refractivity (Wildman–Crippen MR) is 73.3 cm³/mol. The number of fused-ring (bicyclic) bond motifs is 1. The molecule has 1 N–H and O–H groups in total. The topological polar surface area (TPSA) is 24.9 Å². The van der Waals surface area contributed by atoms with E-state index in [4.69, 9.17) is 11.6 Å². The maximum atomic E-state index is 6.16. The van der Waals surface area contributed by atoms with Gasteiger partial charge in [0.1, 0.15) is 0 Å². The maximum absolute atomic E-state index is 6.16. The zero-order chi connectivity index (χ0) is 12.5. The Kier molecular flexibility index (Phi) is 3.36. The molecule has 0 fully saturated rings. The number of halogens is 1. The molecule has 17 heavy (non-hydrogen) atoms. The molecule has 2 rings (SSSR count). The summed E-state index contributed by atoms with van der Waals surface area (Å²) in [5.74, 6) is 0. The van der Waals surface area contributed by atoms with Gasteiger partial charge in [0.15, 0.2) is 0 Å². The summed E-state index contributed by atoms with van der Waals surface area (Å²) in [6.07, 6.45) is 1.80. The molecule has 0 saturated carbocycles. The lowest BCUT2D eigenvalue weighted by Gasteiger charge is -2.21. The van der Waals surface area contributed by atoms with Gasteiger partial charge in [-0.3, -0.25) is 4.98 Å². The zero-order valence-electron chi connectivity index (χ0n) is 10.4. The third kappa shape index (κ3) is 2.96. The fourth-order valence-corrected chi connectivity index (χ4v) is 1.91. The number of rotatable bonds is 2. The van der Waals surface area contributed by atoms with Crippen LogP contribution in [-0.2, 0) is 6.54 Å². The van der Waals surface area contributed by atoms with Crippen LogP contribution in [0.15, 0.2) is 30.5 Å². The van der Waals surface area contributed by atoms with Crippen molar-refractivity contribution in [2.75, 3.05) is 0 Å². The highest BCUT2D eigenvalue weighted by Crippen LogP contribution is 2.24. The number of benzene rings is 1. The van der Waals surface area contributed by atoms with Crippen molar-refractivity contribution in [1.29, 1.82) is 0 Å². The van der Waals surface area contributed by atoms with E-state index in [-0.39, 0.29) is 5.54 Å². The summed E-state index contributed by atoms with van der Waals surface area (Å²) < 4.78 is 0. The van der Waals surface area contributed by atoms with Crippen LogP contribution in [0.4, 0.5) is 0 Å². The summed E-state index contributed by atoms with van der Waals surface area (Å²) in [7, 11) is 0. The zero-order valence-corrected chi connectivity index (χ0v) is 11.2. The average molecular weight is 249 g/mol. The summed E-state index contributed by atoms with van der Waals surface area (Å²) in [6.45, 7) is 7.25. The predicted octanol–water partition coefficient (Wildman–Crippen LogP) is 3.78. The number of pyridine rings is 1. The Bertz CT molecular complexity index is 529. The SMILES string of the molecule is CC(C)(C)NCc1ccc(Cl)c2cccnc12. The maximum Gasteiger partial charge on any atom is 0.0761 e. The average Bonchev–Trinajstić information content (AvgIpc) is 2.27. The molecule has 3 heteroatoms. The Labute approximate surface area is 107 Å². The molecule has 0 atom stereocenters. The Morgan fingerprint density at radius 1 is 1.24 bits per heavy atom.